The fourth-order valence-corrected chi connectivity index (χ4v) is 2.92. The molecule has 0 spiro atoms. The number of aryl methyl sites for hydroxylation is 3. The lowest BCUT2D eigenvalue weighted by Gasteiger charge is -2.30. The molecule has 2 atom stereocenters. The molecule has 1 aromatic rings. The van der Waals surface area contributed by atoms with Gasteiger partial charge in [0.1, 0.15) is 0 Å². The summed E-state index contributed by atoms with van der Waals surface area (Å²) in [7, 11) is 0. The predicted octanol–water partition coefficient (Wildman–Crippen LogP) is 3.92. The molecule has 1 aromatic carbocycles. The molecular weight excluding hydrogens is 246 g/mol. The zero-order valence-corrected chi connectivity index (χ0v) is 14.1. The Morgan fingerprint density at radius 3 is 1.90 bits per heavy atom. The second kappa shape index (κ2) is 7.24. The molecule has 0 fully saturated rings. The maximum Gasteiger partial charge on any atom is 0.0950 e. The van der Waals surface area contributed by atoms with E-state index in [9.17, 15) is 5.11 Å². The molecule has 20 heavy (non-hydrogen) atoms. The standard InChI is InChI=1S/C18H31NO/c1-11(2)10-19-17(12(3)4)18(20)16-14(6)8-13(5)9-15(16)7/h8-9,11-12,17-20H,10H2,1-7H3. The SMILES string of the molecule is Cc1cc(C)c(C(O)C(NCC(C)C)C(C)C)c(C)c1. The predicted molar refractivity (Wildman–Crippen MR) is 87.1 cm³/mol. The summed E-state index contributed by atoms with van der Waals surface area (Å²) in [6.45, 7) is 16.0. The Bertz CT molecular complexity index is 414. The van der Waals surface area contributed by atoms with E-state index < -0.39 is 6.10 Å². The van der Waals surface area contributed by atoms with Crippen LogP contribution in [0.3, 0.4) is 0 Å². The van der Waals surface area contributed by atoms with Gasteiger partial charge in [-0.2, -0.15) is 0 Å². The minimum absolute atomic E-state index is 0.0949. The van der Waals surface area contributed by atoms with Gasteiger partial charge >= 0.3 is 0 Å². The minimum atomic E-state index is -0.450. The number of hydrogen-bond donors (Lipinski definition) is 2. The molecule has 0 bridgehead atoms. The Balaban J connectivity index is 3.03. The lowest BCUT2D eigenvalue weighted by Crippen LogP contribution is -2.41. The van der Waals surface area contributed by atoms with E-state index in [1.54, 1.807) is 0 Å². The molecule has 0 aliphatic carbocycles. The molecule has 0 saturated heterocycles. The number of rotatable bonds is 6. The third-order valence-corrected chi connectivity index (χ3v) is 3.85. The van der Waals surface area contributed by atoms with Crippen molar-refractivity contribution in [2.24, 2.45) is 11.8 Å². The average Bonchev–Trinajstić information content (AvgIpc) is 2.26. The van der Waals surface area contributed by atoms with Crippen molar-refractivity contribution >= 4 is 0 Å². The van der Waals surface area contributed by atoms with Crippen molar-refractivity contribution in [2.45, 2.75) is 60.6 Å². The molecule has 0 amide bonds. The number of benzene rings is 1. The van der Waals surface area contributed by atoms with Crippen LogP contribution in [0.2, 0.25) is 0 Å². The topological polar surface area (TPSA) is 32.3 Å². The van der Waals surface area contributed by atoms with Crippen LogP contribution < -0.4 is 5.32 Å². The lowest BCUT2D eigenvalue weighted by atomic mass is 9.87. The Morgan fingerprint density at radius 1 is 1.00 bits per heavy atom. The number of aliphatic hydroxyl groups excluding tert-OH is 1. The third-order valence-electron chi connectivity index (χ3n) is 3.85. The number of hydrogen-bond acceptors (Lipinski definition) is 2. The first-order chi connectivity index (χ1) is 9.23. The van der Waals surface area contributed by atoms with E-state index >= 15 is 0 Å². The van der Waals surface area contributed by atoms with Crippen molar-refractivity contribution in [3.8, 4) is 0 Å². The van der Waals surface area contributed by atoms with Crippen LogP contribution in [0.4, 0.5) is 0 Å². The largest absolute Gasteiger partial charge is 0.387 e. The van der Waals surface area contributed by atoms with Crippen molar-refractivity contribution in [1.82, 2.24) is 5.32 Å². The van der Waals surface area contributed by atoms with Crippen LogP contribution in [0, 0.1) is 32.6 Å². The Kier molecular flexibility index (Phi) is 6.22. The van der Waals surface area contributed by atoms with Gasteiger partial charge in [0.05, 0.1) is 6.10 Å². The van der Waals surface area contributed by atoms with Crippen molar-refractivity contribution in [2.75, 3.05) is 6.54 Å². The van der Waals surface area contributed by atoms with Crippen molar-refractivity contribution < 1.29 is 5.11 Å². The highest BCUT2D eigenvalue weighted by Gasteiger charge is 2.26. The summed E-state index contributed by atoms with van der Waals surface area (Å²) in [5.41, 5.74) is 4.72. The first-order valence-corrected chi connectivity index (χ1v) is 7.73. The van der Waals surface area contributed by atoms with Gasteiger partial charge in [-0.25, -0.2) is 0 Å². The molecule has 0 aliphatic rings. The fraction of sp³-hybridized carbons (Fsp3) is 0.667. The molecule has 0 heterocycles. The molecule has 0 radical (unpaired) electrons. The van der Waals surface area contributed by atoms with E-state index in [0.29, 0.717) is 11.8 Å². The number of aliphatic hydroxyl groups is 1. The van der Waals surface area contributed by atoms with Gasteiger partial charge in [-0.1, -0.05) is 45.4 Å². The Labute approximate surface area is 124 Å². The van der Waals surface area contributed by atoms with Crippen LogP contribution in [0.25, 0.3) is 0 Å². The van der Waals surface area contributed by atoms with Crippen LogP contribution in [0.5, 0.6) is 0 Å². The molecule has 0 saturated carbocycles. The van der Waals surface area contributed by atoms with Gasteiger partial charge in [0, 0.05) is 6.04 Å². The Hall–Kier alpha value is -0.860. The van der Waals surface area contributed by atoms with E-state index in [4.69, 9.17) is 0 Å². The molecular formula is C18H31NO. The molecule has 0 aromatic heterocycles. The zero-order valence-electron chi connectivity index (χ0n) is 14.1. The zero-order chi connectivity index (χ0) is 15.4. The quantitative estimate of drug-likeness (QED) is 0.826. The number of nitrogens with one attached hydrogen (secondary N) is 1. The molecule has 0 aliphatic heterocycles. The van der Waals surface area contributed by atoms with Gasteiger partial charge in [-0.3, -0.25) is 0 Å². The van der Waals surface area contributed by atoms with Crippen LogP contribution >= 0.6 is 0 Å². The molecule has 2 N–H and O–H groups in total. The summed E-state index contributed by atoms with van der Waals surface area (Å²) in [4.78, 5) is 0. The van der Waals surface area contributed by atoms with Crippen molar-refractivity contribution in [3.63, 3.8) is 0 Å². The molecule has 2 unspecified atom stereocenters. The molecule has 2 heteroatoms. The lowest BCUT2D eigenvalue weighted by molar-refractivity contribution is 0.102. The van der Waals surface area contributed by atoms with E-state index in [-0.39, 0.29) is 6.04 Å². The second-order valence-electron chi connectivity index (χ2n) is 6.83. The highest BCUT2D eigenvalue weighted by atomic mass is 16.3. The van der Waals surface area contributed by atoms with E-state index in [2.05, 4.69) is 65.9 Å². The second-order valence-corrected chi connectivity index (χ2v) is 6.83. The monoisotopic (exact) mass is 277 g/mol. The smallest absolute Gasteiger partial charge is 0.0950 e. The molecule has 114 valence electrons. The summed E-state index contributed by atoms with van der Waals surface area (Å²) < 4.78 is 0. The molecule has 2 nitrogen and oxygen atoms in total. The minimum Gasteiger partial charge on any atom is -0.387 e. The van der Waals surface area contributed by atoms with Crippen LogP contribution in [0.1, 0.15) is 56.1 Å². The van der Waals surface area contributed by atoms with Gasteiger partial charge in [0.15, 0.2) is 0 Å². The summed E-state index contributed by atoms with van der Waals surface area (Å²) in [6, 6.07) is 4.41. The highest BCUT2D eigenvalue weighted by molar-refractivity contribution is 5.39. The van der Waals surface area contributed by atoms with E-state index in [1.807, 2.05) is 0 Å². The van der Waals surface area contributed by atoms with Crippen molar-refractivity contribution in [1.29, 1.82) is 0 Å². The first kappa shape index (κ1) is 17.2. The van der Waals surface area contributed by atoms with Gasteiger partial charge in [0.2, 0.25) is 0 Å². The highest BCUT2D eigenvalue weighted by Crippen LogP contribution is 2.28. The maximum absolute atomic E-state index is 10.9. The van der Waals surface area contributed by atoms with Crippen LogP contribution in [-0.4, -0.2) is 17.7 Å². The third kappa shape index (κ3) is 4.32. The van der Waals surface area contributed by atoms with Crippen LogP contribution in [-0.2, 0) is 0 Å². The summed E-state index contributed by atoms with van der Waals surface area (Å²) in [5.74, 6) is 0.979. The van der Waals surface area contributed by atoms with Gasteiger partial charge in [-0.15, -0.1) is 0 Å². The molecule has 1 rings (SSSR count). The summed E-state index contributed by atoms with van der Waals surface area (Å²) >= 11 is 0. The van der Waals surface area contributed by atoms with Gasteiger partial charge in [0.25, 0.3) is 0 Å². The first-order valence-electron chi connectivity index (χ1n) is 7.73. The van der Waals surface area contributed by atoms with E-state index in [1.165, 1.54) is 16.7 Å². The van der Waals surface area contributed by atoms with Crippen LogP contribution in [0.15, 0.2) is 12.1 Å². The summed E-state index contributed by atoms with van der Waals surface area (Å²) in [5, 5.41) is 14.4. The normalized spacial score (nSPS) is 14.9. The maximum atomic E-state index is 10.9. The Morgan fingerprint density at radius 2 is 1.50 bits per heavy atom. The average molecular weight is 277 g/mol. The van der Waals surface area contributed by atoms with E-state index in [0.717, 1.165) is 12.1 Å². The van der Waals surface area contributed by atoms with Crippen molar-refractivity contribution in [3.05, 3.63) is 34.4 Å². The van der Waals surface area contributed by atoms with Gasteiger partial charge in [-0.05, 0) is 55.8 Å². The summed E-state index contributed by atoms with van der Waals surface area (Å²) in [6.07, 6.45) is -0.450. The fourth-order valence-electron chi connectivity index (χ4n) is 2.92. The van der Waals surface area contributed by atoms with Gasteiger partial charge < -0.3 is 10.4 Å².